The van der Waals surface area contributed by atoms with Crippen LogP contribution in [0.15, 0.2) is 35.5 Å². The molecule has 0 radical (unpaired) electrons. The summed E-state index contributed by atoms with van der Waals surface area (Å²) >= 11 is 0. The van der Waals surface area contributed by atoms with E-state index in [0.717, 1.165) is 31.1 Å². The second-order valence-corrected chi connectivity index (χ2v) is 12.4. The lowest BCUT2D eigenvalue weighted by Crippen LogP contribution is -2.44. The van der Waals surface area contributed by atoms with Gasteiger partial charge in [0, 0.05) is 6.92 Å². The predicted octanol–water partition coefficient (Wildman–Crippen LogP) is 7.90. The number of ether oxygens (including phenoxy) is 1. The Labute approximate surface area is 197 Å². The van der Waals surface area contributed by atoms with Gasteiger partial charge in [0.15, 0.2) is 0 Å². The van der Waals surface area contributed by atoms with Crippen LogP contribution in [0.2, 0.25) is 0 Å². The quantitative estimate of drug-likeness (QED) is 0.322. The van der Waals surface area contributed by atoms with Gasteiger partial charge in [0.2, 0.25) is 0 Å². The molecule has 8 atom stereocenters. The number of hydrogen-bond acceptors (Lipinski definition) is 2. The molecular formula is C30H46O2. The molecule has 178 valence electrons. The summed E-state index contributed by atoms with van der Waals surface area (Å²) in [6.45, 7) is 16.1. The van der Waals surface area contributed by atoms with E-state index in [4.69, 9.17) is 4.74 Å². The molecule has 2 fully saturated rings. The molecule has 2 saturated carbocycles. The Kier molecular flexibility index (Phi) is 6.56. The lowest BCUT2D eigenvalue weighted by Gasteiger charge is -2.53. The fourth-order valence-corrected chi connectivity index (χ4v) is 7.82. The van der Waals surface area contributed by atoms with Crippen molar-refractivity contribution in [2.75, 3.05) is 0 Å². The summed E-state index contributed by atoms with van der Waals surface area (Å²) in [4.78, 5) is 11.5. The highest BCUT2D eigenvalue weighted by Gasteiger charge is 2.55. The van der Waals surface area contributed by atoms with Gasteiger partial charge in [0.1, 0.15) is 6.10 Å². The minimum Gasteiger partial charge on any atom is -0.463 e. The molecule has 0 aromatic rings. The molecule has 0 amide bonds. The van der Waals surface area contributed by atoms with Gasteiger partial charge in [-0.15, -0.1) is 0 Å². The summed E-state index contributed by atoms with van der Waals surface area (Å²) in [5.41, 5.74) is 4.13. The molecule has 4 aliphatic rings. The summed E-state index contributed by atoms with van der Waals surface area (Å²) < 4.78 is 5.61. The van der Waals surface area contributed by atoms with Gasteiger partial charge in [0.05, 0.1) is 0 Å². The van der Waals surface area contributed by atoms with E-state index in [9.17, 15) is 4.79 Å². The third-order valence-electron chi connectivity index (χ3n) is 10.3. The summed E-state index contributed by atoms with van der Waals surface area (Å²) in [7, 11) is 0. The van der Waals surface area contributed by atoms with Gasteiger partial charge in [-0.05, 0) is 96.9 Å². The van der Waals surface area contributed by atoms with Crippen molar-refractivity contribution in [1.29, 1.82) is 0 Å². The van der Waals surface area contributed by atoms with Gasteiger partial charge in [0.25, 0.3) is 0 Å². The molecule has 0 N–H and O–H groups in total. The second-order valence-electron chi connectivity index (χ2n) is 12.4. The molecule has 2 nitrogen and oxygen atoms in total. The third-order valence-corrected chi connectivity index (χ3v) is 10.3. The first-order valence-electron chi connectivity index (χ1n) is 13.3. The molecule has 4 rings (SSSR count). The third kappa shape index (κ3) is 4.05. The highest BCUT2D eigenvalue weighted by Crippen LogP contribution is 2.64. The molecule has 0 saturated heterocycles. The smallest absolute Gasteiger partial charge is 0.302 e. The van der Waals surface area contributed by atoms with E-state index in [1.165, 1.54) is 25.7 Å². The van der Waals surface area contributed by atoms with E-state index in [1.54, 1.807) is 18.1 Å². The minimum atomic E-state index is -0.130. The molecule has 32 heavy (non-hydrogen) atoms. The number of hydrogen-bond donors (Lipinski definition) is 0. The molecule has 2 heteroatoms. The average Bonchev–Trinajstić information content (AvgIpc) is 3.08. The largest absolute Gasteiger partial charge is 0.463 e. The van der Waals surface area contributed by atoms with Crippen LogP contribution in [0.5, 0.6) is 0 Å². The Morgan fingerprint density at radius 3 is 2.53 bits per heavy atom. The second kappa shape index (κ2) is 8.80. The van der Waals surface area contributed by atoms with Crippen LogP contribution < -0.4 is 0 Å². The highest BCUT2D eigenvalue weighted by molar-refractivity contribution is 5.66. The van der Waals surface area contributed by atoms with Gasteiger partial charge in [-0.3, -0.25) is 4.79 Å². The van der Waals surface area contributed by atoms with Crippen molar-refractivity contribution in [3.8, 4) is 0 Å². The van der Waals surface area contributed by atoms with Crippen molar-refractivity contribution >= 4 is 5.97 Å². The van der Waals surface area contributed by atoms with Gasteiger partial charge in [-0.2, -0.15) is 0 Å². The fraction of sp³-hybridized carbons (Fsp3) is 0.767. The molecule has 1 unspecified atom stereocenters. The van der Waals surface area contributed by atoms with Crippen molar-refractivity contribution in [2.24, 2.45) is 46.3 Å². The fourth-order valence-electron chi connectivity index (χ4n) is 7.82. The van der Waals surface area contributed by atoms with Gasteiger partial charge >= 0.3 is 5.97 Å². The maximum absolute atomic E-state index is 11.5. The van der Waals surface area contributed by atoms with Crippen molar-refractivity contribution in [3.63, 3.8) is 0 Å². The predicted molar refractivity (Wildman–Crippen MR) is 133 cm³/mol. The molecule has 0 aromatic carbocycles. The molecule has 0 heterocycles. The number of allylic oxidation sites excluding steroid dienone is 6. The summed E-state index contributed by atoms with van der Waals surface area (Å²) in [5, 5.41) is 0. The molecule has 0 aliphatic heterocycles. The first kappa shape index (κ1) is 23.8. The zero-order valence-electron chi connectivity index (χ0n) is 21.6. The zero-order valence-corrected chi connectivity index (χ0v) is 21.6. The van der Waals surface area contributed by atoms with Crippen LogP contribution in [0, 0.1) is 46.3 Å². The van der Waals surface area contributed by atoms with Crippen LogP contribution in [-0.4, -0.2) is 12.1 Å². The topological polar surface area (TPSA) is 26.3 Å². The Morgan fingerprint density at radius 1 is 1.09 bits per heavy atom. The van der Waals surface area contributed by atoms with Crippen LogP contribution in [0.4, 0.5) is 0 Å². The van der Waals surface area contributed by atoms with Crippen LogP contribution in [0.3, 0.4) is 0 Å². The summed E-state index contributed by atoms with van der Waals surface area (Å²) in [6.07, 6.45) is 18.6. The Balaban J connectivity index is 1.53. The van der Waals surface area contributed by atoms with Crippen LogP contribution in [0.1, 0.15) is 93.4 Å². The summed E-state index contributed by atoms with van der Waals surface area (Å²) in [5.74, 6) is 3.91. The van der Waals surface area contributed by atoms with Crippen LogP contribution in [-0.2, 0) is 9.53 Å². The maximum Gasteiger partial charge on any atom is 0.302 e. The van der Waals surface area contributed by atoms with Crippen LogP contribution >= 0.6 is 0 Å². The van der Waals surface area contributed by atoms with E-state index in [1.807, 2.05) is 0 Å². The van der Waals surface area contributed by atoms with Crippen molar-refractivity contribution in [2.45, 2.75) is 99.5 Å². The first-order valence-corrected chi connectivity index (χ1v) is 13.3. The SMILES string of the molecule is CC(=O)O[C@H]1CC[C@]2(C)C3=C(C=CC2C1)[C@@H]1CC[C@H]([C@H](C)/C=C/[C@@H](C)C(C)C)[C@@]1(C)CC3. The first-order chi connectivity index (χ1) is 15.1. The van der Waals surface area contributed by atoms with E-state index in [2.05, 4.69) is 65.8 Å². The zero-order chi connectivity index (χ0) is 23.3. The number of fused-ring (bicyclic) bond motifs is 4. The molecule has 0 aromatic heterocycles. The number of rotatable bonds is 5. The van der Waals surface area contributed by atoms with Gasteiger partial charge in [-0.25, -0.2) is 0 Å². The Hall–Kier alpha value is -1.31. The van der Waals surface area contributed by atoms with E-state index in [-0.39, 0.29) is 17.5 Å². The van der Waals surface area contributed by atoms with Gasteiger partial charge < -0.3 is 4.74 Å². The van der Waals surface area contributed by atoms with Crippen molar-refractivity contribution in [1.82, 2.24) is 0 Å². The minimum absolute atomic E-state index is 0.1000. The van der Waals surface area contributed by atoms with E-state index in [0.29, 0.717) is 29.1 Å². The Morgan fingerprint density at radius 2 is 1.84 bits per heavy atom. The highest BCUT2D eigenvalue weighted by atomic mass is 16.5. The monoisotopic (exact) mass is 438 g/mol. The molecule has 0 spiro atoms. The van der Waals surface area contributed by atoms with Crippen molar-refractivity contribution in [3.05, 3.63) is 35.5 Å². The average molecular weight is 439 g/mol. The lowest BCUT2D eigenvalue weighted by molar-refractivity contribution is -0.149. The standard InChI is InChI=1S/C30H46O2/c1-19(2)20(3)8-9-21(4)26-12-13-27-25-11-10-23-18-24(32-22(5)31)14-16-29(23,6)28(25)15-17-30(26,27)7/h8-11,19-21,23-24,26-27H,12-18H2,1-7H3/b9-8+/t20-,21-,23?,24+,26-,27+,29+,30-/m1/s1. The summed E-state index contributed by atoms with van der Waals surface area (Å²) in [6, 6.07) is 0. The van der Waals surface area contributed by atoms with E-state index >= 15 is 0 Å². The van der Waals surface area contributed by atoms with Crippen molar-refractivity contribution < 1.29 is 9.53 Å². The van der Waals surface area contributed by atoms with E-state index < -0.39 is 0 Å². The normalized spacial score (nSPS) is 40.8. The molecule has 0 bridgehead atoms. The van der Waals surface area contributed by atoms with Crippen LogP contribution in [0.25, 0.3) is 0 Å². The molecular weight excluding hydrogens is 392 g/mol. The number of esters is 1. The number of carbonyl (C=O) groups excluding carboxylic acids is 1. The van der Waals surface area contributed by atoms with Gasteiger partial charge in [-0.1, -0.05) is 71.4 Å². The maximum atomic E-state index is 11.5. The molecule has 4 aliphatic carbocycles. The lowest BCUT2D eigenvalue weighted by atomic mass is 9.52. The Bertz CT molecular complexity index is 817. The number of carbonyl (C=O) groups is 1.